The van der Waals surface area contributed by atoms with Crippen LogP contribution in [0.3, 0.4) is 0 Å². The van der Waals surface area contributed by atoms with Crippen molar-refractivity contribution in [2.24, 2.45) is 0 Å². The normalized spacial score (nSPS) is 10.7. The summed E-state index contributed by atoms with van der Waals surface area (Å²) in [5, 5.41) is 10.5. The molecule has 0 atom stereocenters. The molecule has 0 aliphatic heterocycles. The number of nitrogens with one attached hydrogen (secondary N) is 2. The molecule has 0 bridgehead atoms. The lowest BCUT2D eigenvalue weighted by molar-refractivity contribution is -0.129. The van der Waals surface area contributed by atoms with Gasteiger partial charge >= 0.3 is 0 Å². The quantitative estimate of drug-likeness (QED) is 0.662. The molecule has 0 aliphatic carbocycles. The highest BCUT2D eigenvalue weighted by Crippen LogP contribution is 2.16. The smallest absolute Gasteiger partial charge is 0.271 e. The van der Waals surface area contributed by atoms with Crippen LogP contribution in [-0.2, 0) is 35.6 Å². The molecule has 0 fully saturated rings. The van der Waals surface area contributed by atoms with Crippen molar-refractivity contribution in [3.8, 4) is 0 Å². The lowest BCUT2D eigenvalue weighted by Crippen LogP contribution is -2.36. The van der Waals surface area contributed by atoms with E-state index in [1.807, 2.05) is 19.2 Å². The molecule has 1 heterocycles. The maximum absolute atomic E-state index is 12.7. The number of likely N-dealkylation sites (N-methyl/N-ethyl adjacent to an activating group) is 1. The van der Waals surface area contributed by atoms with Gasteiger partial charge in [-0.2, -0.15) is 5.10 Å². The van der Waals surface area contributed by atoms with Gasteiger partial charge in [-0.3, -0.25) is 14.4 Å². The van der Waals surface area contributed by atoms with Crippen LogP contribution in [0, 0.1) is 6.92 Å². The Kier molecular flexibility index (Phi) is 7.92. The van der Waals surface area contributed by atoms with E-state index in [0.29, 0.717) is 29.2 Å². The zero-order chi connectivity index (χ0) is 21.6. The third-order valence-corrected chi connectivity index (χ3v) is 4.73. The van der Waals surface area contributed by atoms with Gasteiger partial charge < -0.3 is 15.5 Å². The van der Waals surface area contributed by atoms with E-state index in [4.69, 9.17) is 11.6 Å². The Morgan fingerprint density at radius 2 is 1.93 bits per heavy atom. The largest absolute Gasteiger partial charge is 0.352 e. The number of carbonyl (C=O) groups is 2. The van der Waals surface area contributed by atoms with Crippen molar-refractivity contribution in [2.45, 2.75) is 33.0 Å². The zero-order valence-corrected chi connectivity index (χ0v) is 17.8. The van der Waals surface area contributed by atoms with Crippen LogP contribution in [0.1, 0.15) is 22.3 Å². The van der Waals surface area contributed by atoms with Crippen LogP contribution in [0.15, 0.2) is 29.2 Å². The highest BCUT2D eigenvalue weighted by Gasteiger charge is 2.15. The molecule has 2 N–H and O–H groups in total. The summed E-state index contributed by atoms with van der Waals surface area (Å²) in [6, 6.07) is 5.52. The molecule has 8 nitrogen and oxygen atoms in total. The summed E-state index contributed by atoms with van der Waals surface area (Å²) in [6.45, 7) is 2.50. The first kappa shape index (κ1) is 22.6. The minimum absolute atomic E-state index is 0.0920. The van der Waals surface area contributed by atoms with Gasteiger partial charge in [-0.25, -0.2) is 4.68 Å². The molecule has 9 heteroatoms. The Bertz CT molecular complexity index is 956. The molecule has 0 spiro atoms. The number of benzene rings is 1. The van der Waals surface area contributed by atoms with Gasteiger partial charge in [0.05, 0.1) is 12.6 Å². The number of hydrogen-bond acceptors (Lipinski definition) is 5. The van der Waals surface area contributed by atoms with E-state index >= 15 is 0 Å². The summed E-state index contributed by atoms with van der Waals surface area (Å²) in [5.74, 6) is -0.547. The highest BCUT2D eigenvalue weighted by molar-refractivity contribution is 6.30. The number of rotatable bonds is 8. The molecule has 0 radical (unpaired) electrons. The van der Waals surface area contributed by atoms with E-state index in [1.54, 1.807) is 27.1 Å². The summed E-state index contributed by atoms with van der Waals surface area (Å²) in [7, 11) is 5.05. The van der Waals surface area contributed by atoms with Crippen molar-refractivity contribution in [2.75, 3.05) is 21.1 Å². The number of amides is 2. The maximum atomic E-state index is 12.7. The highest BCUT2D eigenvalue weighted by atomic mass is 35.5. The lowest BCUT2D eigenvalue weighted by atomic mass is 10.1. The number of nitrogens with zero attached hydrogens (tertiary/aromatic N) is 3. The molecule has 0 unspecified atom stereocenters. The van der Waals surface area contributed by atoms with Gasteiger partial charge in [0.15, 0.2) is 0 Å². The fraction of sp³-hybridized carbons (Fsp3) is 0.400. The topological polar surface area (TPSA) is 96.3 Å². The molecule has 0 saturated carbocycles. The number of aryl methyl sites for hydroxylation is 1. The van der Waals surface area contributed by atoms with Crippen molar-refractivity contribution in [1.82, 2.24) is 25.3 Å². The van der Waals surface area contributed by atoms with Crippen LogP contribution in [0.4, 0.5) is 0 Å². The van der Waals surface area contributed by atoms with Gasteiger partial charge in [0.25, 0.3) is 5.56 Å². The van der Waals surface area contributed by atoms with Crippen molar-refractivity contribution in [3.63, 3.8) is 0 Å². The molecule has 2 aromatic rings. The SMILES string of the molecule is CNCc1ccc(Cl)cc1CNC(=O)Cc1c(C)cnn(CC(=O)N(C)C)c1=O. The third kappa shape index (κ3) is 6.13. The summed E-state index contributed by atoms with van der Waals surface area (Å²) < 4.78 is 1.08. The van der Waals surface area contributed by atoms with Crippen LogP contribution >= 0.6 is 11.6 Å². The van der Waals surface area contributed by atoms with Gasteiger partial charge in [-0.15, -0.1) is 0 Å². The fourth-order valence-corrected chi connectivity index (χ4v) is 2.94. The fourth-order valence-electron chi connectivity index (χ4n) is 2.75. The van der Waals surface area contributed by atoms with E-state index < -0.39 is 5.56 Å². The summed E-state index contributed by atoms with van der Waals surface area (Å²) in [6.07, 6.45) is 1.40. The Hall–Kier alpha value is -2.71. The number of halogens is 1. The average Bonchev–Trinajstić information content (AvgIpc) is 2.67. The van der Waals surface area contributed by atoms with Crippen LogP contribution in [0.25, 0.3) is 0 Å². The molecule has 1 aromatic heterocycles. The number of carbonyl (C=O) groups excluding carboxylic acids is 2. The second kappa shape index (κ2) is 10.2. The Balaban J connectivity index is 2.12. The molecule has 2 amide bonds. The van der Waals surface area contributed by atoms with Crippen LogP contribution in [0.2, 0.25) is 5.02 Å². The van der Waals surface area contributed by atoms with E-state index in [1.165, 1.54) is 11.1 Å². The van der Waals surface area contributed by atoms with Crippen molar-refractivity contribution in [3.05, 3.63) is 62.0 Å². The van der Waals surface area contributed by atoms with Crippen molar-refractivity contribution in [1.29, 1.82) is 0 Å². The average molecular weight is 420 g/mol. The Morgan fingerprint density at radius 3 is 2.59 bits per heavy atom. The van der Waals surface area contributed by atoms with E-state index in [-0.39, 0.29) is 24.8 Å². The van der Waals surface area contributed by atoms with Gasteiger partial charge in [-0.05, 0) is 42.8 Å². The van der Waals surface area contributed by atoms with Crippen molar-refractivity contribution >= 4 is 23.4 Å². The number of hydrogen-bond donors (Lipinski definition) is 2. The minimum Gasteiger partial charge on any atom is -0.352 e. The first-order valence-electron chi connectivity index (χ1n) is 9.17. The predicted molar refractivity (Wildman–Crippen MR) is 112 cm³/mol. The minimum atomic E-state index is -0.436. The van der Waals surface area contributed by atoms with Crippen LogP contribution in [0.5, 0.6) is 0 Å². The zero-order valence-electron chi connectivity index (χ0n) is 17.1. The maximum Gasteiger partial charge on any atom is 0.271 e. The molecule has 156 valence electrons. The van der Waals surface area contributed by atoms with Gasteiger partial charge in [0, 0.05) is 37.8 Å². The van der Waals surface area contributed by atoms with Crippen molar-refractivity contribution < 1.29 is 9.59 Å². The molecular formula is C20H26ClN5O3. The van der Waals surface area contributed by atoms with E-state index in [9.17, 15) is 14.4 Å². The van der Waals surface area contributed by atoms with Gasteiger partial charge in [0.1, 0.15) is 6.54 Å². The molecular weight excluding hydrogens is 394 g/mol. The second-order valence-corrected chi connectivity index (χ2v) is 7.39. The summed E-state index contributed by atoms with van der Waals surface area (Å²) in [5.41, 5.74) is 2.43. The van der Waals surface area contributed by atoms with Crippen LogP contribution < -0.4 is 16.2 Å². The monoisotopic (exact) mass is 419 g/mol. The van der Waals surface area contributed by atoms with E-state index in [0.717, 1.165) is 15.8 Å². The van der Waals surface area contributed by atoms with Gasteiger partial charge in [-0.1, -0.05) is 17.7 Å². The summed E-state index contributed by atoms with van der Waals surface area (Å²) in [4.78, 5) is 38.4. The van der Waals surface area contributed by atoms with E-state index in [2.05, 4.69) is 15.7 Å². The first-order valence-corrected chi connectivity index (χ1v) is 9.55. The predicted octanol–water partition coefficient (Wildman–Crippen LogP) is 0.872. The molecule has 1 aromatic carbocycles. The summed E-state index contributed by atoms with van der Waals surface area (Å²) >= 11 is 6.07. The molecule has 29 heavy (non-hydrogen) atoms. The van der Waals surface area contributed by atoms with Crippen LogP contribution in [-0.4, -0.2) is 47.6 Å². The standard InChI is InChI=1S/C20H26ClN5O3/c1-13-9-24-26(12-19(28)25(3)4)20(29)17(13)8-18(27)23-11-15-7-16(21)6-5-14(15)10-22-2/h5-7,9,22H,8,10-12H2,1-4H3,(H,23,27). The third-order valence-electron chi connectivity index (χ3n) is 4.49. The lowest BCUT2D eigenvalue weighted by Gasteiger charge is -2.13. The molecule has 0 aliphatic rings. The molecule has 2 rings (SSSR count). The Morgan fingerprint density at radius 1 is 1.21 bits per heavy atom. The molecule has 0 saturated heterocycles. The first-order chi connectivity index (χ1) is 13.7. The Labute approximate surface area is 174 Å². The van der Waals surface area contributed by atoms with Gasteiger partial charge in [0.2, 0.25) is 11.8 Å². The number of aromatic nitrogens is 2. The second-order valence-electron chi connectivity index (χ2n) is 6.95.